The number of hydrogen-bond acceptors (Lipinski definition) is 8. The average molecular weight is 447 g/mol. The van der Waals surface area contributed by atoms with E-state index in [0.717, 1.165) is 27.6 Å². The van der Waals surface area contributed by atoms with Gasteiger partial charge in [-0.15, -0.1) is 11.3 Å². The lowest BCUT2D eigenvalue weighted by molar-refractivity contribution is 0.103. The van der Waals surface area contributed by atoms with Gasteiger partial charge < -0.3 is 19.7 Å². The molecule has 0 aliphatic rings. The van der Waals surface area contributed by atoms with E-state index in [-0.39, 0.29) is 17.8 Å². The number of nitrogens with zero attached hydrogens (tertiary/aromatic N) is 3. The lowest BCUT2D eigenvalue weighted by atomic mass is 10.2. The largest absolute Gasteiger partial charge is 0.480 e. The molecule has 1 aromatic carbocycles. The number of methoxy groups -OCH3 is 2. The summed E-state index contributed by atoms with van der Waals surface area (Å²) in [4.78, 5) is 37.0. The Morgan fingerprint density at radius 3 is 2.47 bits per heavy atom. The Morgan fingerprint density at radius 1 is 1.17 bits per heavy atom. The molecule has 0 fully saturated rings. The quantitative estimate of drug-likeness (QED) is 0.568. The van der Waals surface area contributed by atoms with Gasteiger partial charge in [-0.1, -0.05) is 0 Å². The number of thiophene rings is 1. The Morgan fingerprint density at radius 2 is 1.87 bits per heavy atom. The highest BCUT2D eigenvalue weighted by atomic mass is 32.2. The fourth-order valence-electron chi connectivity index (χ4n) is 2.69. The standard InChI is InChI=1S/C20H22N4O4S2/c1-11-15-18(28-5)22-14(10-27-4)23-19(15)30-16(11)17(25)21-12-6-8-13(9-7-12)29-20(26)24(2)3/h6-9H,10H2,1-5H3,(H,21,25). The molecule has 30 heavy (non-hydrogen) atoms. The molecule has 0 spiro atoms. The van der Waals surface area contributed by atoms with Crippen LogP contribution in [0.2, 0.25) is 0 Å². The predicted molar refractivity (Wildman–Crippen MR) is 119 cm³/mol. The zero-order valence-electron chi connectivity index (χ0n) is 17.3. The van der Waals surface area contributed by atoms with E-state index in [2.05, 4.69) is 15.3 Å². The molecular formula is C20H22N4O4S2. The van der Waals surface area contributed by atoms with Gasteiger partial charge in [-0.3, -0.25) is 9.59 Å². The van der Waals surface area contributed by atoms with Crippen molar-refractivity contribution < 1.29 is 19.1 Å². The Bertz CT molecular complexity index is 1080. The zero-order valence-corrected chi connectivity index (χ0v) is 18.9. The molecule has 3 aromatic rings. The third-order valence-electron chi connectivity index (χ3n) is 4.16. The SMILES string of the molecule is COCc1nc(OC)c2c(C)c(C(=O)Nc3ccc(SC(=O)N(C)C)cc3)sc2n1. The Balaban J connectivity index is 1.83. The molecule has 0 saturated heterocycles. The number of rotatable bonds is 6. The normalized spacial score (nSPS) is 10.8. The molecule has 2 amide bonds. The fourth-order valence-corrected chi connectivity index (χ4v) is 4.43. The van der Waals surface area contributed by atoms with E-state index in [0.29, 0.717) is 27.1 Å². The molecule has 10 heteroatoms. The smallest absolute Gasteiger partial charge is 0.285 e. The van der Waals surface area contributed by atoms with Crippen molar-refractivity contribution in [2.75, 3.05) is 33.6 Å². The summed E-state index contributed by atoms with van der Waals surface area (Å²) in [6, 6.07) is 7.13. The number of carbonyl (C=O) groups is 2. The maximum atomic E-state index is 12.9. The van der Waals surface area contributed by atoms with Gasteiger partial charge in [-0.25, -0.2) is 4.98 Å². The highest BCUT2D eigenvalue weighted by Crippen LogP contribution is 2.35. The van der Waals surface area contributed by atoms with Gasteiger partial charge in [0.05, 0.1) is 17.4 Å². The maximum Gasteiger partial charge on any atom is 0.285 e. The van der Waals surface area contributed by atoms with E-state index < -0.39 is 0 Å². The molecule has 8 nitrogen and oxygen atoms in total. The van der Waals surface area contributed by atoms with Gasteiger partial charge in [0.15, 0.2) is 5.82 Å². The fraction of sp³-hybridized carbons (Fsp3) is 0.300. The average Bonchev–Trinajstić information content (AvgIpc) is 3.05. The van der Waals surface area contributed by atoms with E-state index in [4.69, 9.17) is 9.47 Å². The summed E-state index contributed by atoms with van der Waals surface area (Å²) < 4.78 is 10.5. The minimum atomic E-state index is -0.240. The molecule has 158 valence electrons. The van der Waals surface area contributed by atoms with Crippen LogP contribution in [-0.2, 0) is 11.3 Å². The molecular weight excluding hydrogens is 424 g/mol. The number of thioether (sulfide) groups is 1. The first-order valence-corrected chi connectivity index (χ1v) is 10.6. The summed E-state index contributed by atoms with van der Waals surface area (Å²) >= 11 is 2.41. The van der Waals surface area contributed by atoms with Crippen LogP contribution < -0.4 is 10.1 Å². The van der Waals surface area contributed by atoms with Crippen LogP contribution in [-0.4, -0.2) is 54.3 Å². The number of aryl methyl sites for hydroxylation is 1. The molecule has 1 N–H and O–H groups in total. The van der Waals surface area contributed by atoms with Crippen LogP contribution in [0.1, 0.15) is 21.1 Å². The molecule has 2 heterocycles. The van der Waals surface area contributed by atoms with Crippen molar-refractivity contribution >= 4 is 50.1 Å². The van der Waals surface area contributed by atoms with E-state index in [1.807, 2.05) is 6.92 Å². The van der Waals surface area contributed by atoms with Crippen LogP contribution in [0.3, 0.4) is 0 Å². The molecule has 0 atom stereocenters. The minimum absolute atomic E-state index is 0.0596. The lowest BCUT2D eigenvalue weighted by Crippen LogP contribution is -2.16. The van der Waals surface area contributed by atoms with Crippen LogP contribution in [0.25, 0.3) is 10.2 Å². The number of aromatic nitrogens is 2. The summed E-state index contributed by atoms with van der Waals surface area (Å²) in [6.07, 6.45) is 0. The number of ether oxygens (including phenoxy) is 2. The number of fused-ring (bicyclic) bond motifs is 1. The van der Waals surface area contributed by atoms with Crippen molar-refractivity contribution in [2.45, 2.75) is 18.4 Å². The minimum Gasteiger partial charge on any atom is -0.480 e. The number of anilines is 1. The Kier molecular flexibility index (Phi) is 6.91. The third-order valence-corrected chi connectivity index (χ3v) is 6.39. The first-order valence-electron chi connectivity index (χ1n) is 8.97. The lowest BCUT2D eigenvalue weighted by Gasteiger charge is -2.09. The summed E-state index contributed by atoms with van der Waals surface area (Å²) in [7, 11) is 6.51. The number of benzene rings is 1. The van der Waals surface area contributed by atoms with Gasteiger partial charge >= 0.3 is 0 Å². The van der Waals surface area contributed by atoms with Crippen molar-refractivity contribution in [3.8, 4) is 5.88 Å². The van der Waals surface area contributed by atoms with Crippen molar-refractivity contribution in [3.05, 3.63) is 40.5 Å². The number of hydrogen-bond donors (Lipinski definition) is 1. The topological polar surface area (TPSA) is 93.7 Å². The molecule has 0 aliphatic heterocycles. The van der Waals surface area contributed by atoms with E-state index in [1.165, 1.54) is 23.3 Å². The summed E-state index contributed by atoms with van der Waals surface area (Å²) in [5, 5.41) is 3.56. The first-order chi connectivity index (χ1) is 14.3. The van der Waals surface area contributed by atoms with Crippen molar-refractivity contribution in [1.29, 1.82) is 0 Å². The van der Waals surface area contributed by atoms with Crippen LogP contribution in [0, 0.1) is 6.92 Å². The van der Waals surface area contributed by atoms with E-state index in [1.54, 1.807) is 45.5 Å². The molecule has 0 saturated carbocycles. The van der Waals surface area contributed by atoms with Gasteiger partial charge in [0.25, 0.3) is 11.1 Å². The molecule has 0 bridgehead atoms. The van der Waals surface area contributed by atoms with Gasteiger partial charge in [-0.2, -0.15) is 4.98 Å². The monoisotopic (exact) mass is 446 g/mol. The van der Waals surface area contributed by atoms with Crippen molar-refractivity contribution in [1.82, 2.24) is 14.9 Å². The number of amides is 2. The highest BCUT2D eigenvalue weighted by molar-refractivity contribution is 8.13. The van der Waals surface area contributed by atoms with Crippen molar-refractivity contribution in [2.24, 2.45) is 0 Å². The van der Waals surface area contributed by atoms with Crippen LogP contribution >= 0.6 is 23.1 Å². The molecule has 0 unspecified atom stereocenters. The Labute approximate surface area is 182 Å². The predicted octanol–water partition coefficient (Wildman–Crippen LogP) is 4.18. The van der Waals surface area contributed by atoms with Gasteiger partial charge in [0, 0.05) is 31.8 Å². The number of nitrogens with one attached hydrogen (secondary N) is 1. The molecule has 0 aliphatic carbocycles. The second kappa shape index (κ2) is 9.41. The summed E-state index contributed by atoms with van der Waals surface area (Å²) in [5.41, 5.74) is 1.40. The molecule has 0 radical (unpaired) electrons. The maximum absolute atomic E-state index is 12.9. The second-order valence-corrected chi connectivity index (χ2v) is 8.58. The first kappa shape index (κ1) is 22.0. The van der Waals surface area contributed by atoms with Crippen LogP contribution in [0.4, 0.5) is 10.5 Å². The third kappa shape index (κ3) is 4.72. The second-order valence-electron chi connectivity index (χ2n) is 6.56. The molecule has 2 aromatic heterocycles. The van der Waals surface area contributed by atoms with E-state index >= 15 is 0 Å². The van der Waals surface area contributed by atoms with Gasteiger partial charge in [0.2, 0.25) is 5.88 Å². The summed E-state index contributed by atoms with van der Waals surface area (Å²) in [6.45, 7) is 2.10. The van der Waals surface area contributed by atoms with Gasteiger partial charge in [-0.05, 0) is 48.5 Å². The van der Waals surface area contributed by atoms with Gasteiger partial charge in [0.1, 0.15) is 11.4 Å². The Hall–Kier alpha value is -2.69. The summed E-state index contributed by atoms with van der Waals surface area (Å²) in [5.74, 6) is 0.679. The van der Waals surface area contributed by atoms with E-state index in [9.17, 15) is 9.59 Å². The molecule has 3 rings (SSSR count). The van der Waals surface area contributed by atoms with Crippen molar-refractivity contribution in [3.63, 3.8) is 0 Å². The highest BCUT2D eigenvalue weighted by Gasteiger charge is 2.21. The van der Waals surface area contributed by atoms with Crippen LogP contribution in [0.15, 0.2) is 29.2 Å². The van der Waals surface area contributed by atoms with Crippen LogP contribution in [0.5, 0.6) is 5.88 Å². The number of carbonyl (C=O) groups excluding carboxylic acids is 2. The zero-order chi connectivity index (χ0) is 21.8.